The molecule has 0 aliphatic heterocycles. The Morgan fingerprint density at radius 2 is 0.514 bits per heavy atom. The van der Waals surface area contributed by atoms with Crippen LogP contribution in [0.5, 0.6) is 0 Å². The van der Waals surface area contributed by atoms with Crippen molar-refractivity contribution in [2.24, 2.45) is 5.73 Å². The van der Waals surface area contributed by atoms with Crippen molar-refractivity contribution in [1.82, 2.24) is 117 Å². The van der Waals surface area contributed by atoms with Gasteiger partial charge in [-0.25, -0.2) is 39.9 Å². The summed E-state index contributed by atoms with van der Waals surface area (Å²) < 4.78 is 0. The molecule has 0 saturated heterocycles. The predicted molar refractivity (Wildman–Crippen MR) is 275 cm³/mol. The molecular weight excluding hydrogens is 913 g/mol. The van der Waals surface area contributed by atoms with Gasteiger partial charge in [0.15, 0.2) is 0 Å². The summed E-state index contributed by atoms with van der Waals surface area (Å²) in [4.78, 5) is 60.6. The van der Waals surface area contributed by atoms with Gasteiger partial charge in [0.25, 0.3) is 0 Å². The summed E-state index contributed by atoms with van der Waals surface area (Å²) in [6.45, 7) is 7.18. The van der Waals surface area contributed by atoms with Gasteiger partial charge < -0.3 is 82.8 Å². The van der Waals surface area contributed by atoms with E-state index in [1.165, 1.54) is 0 Å². The molecule has 24 nitrogen and oxygen atoms in total. The lowest BCUT2D eigenvalue weighted by Crippen LogP contribution is -2.54. The van der Waals surface area contributed by atoms with Crippen molar-refractivity contribution < 1.29 is 0 Å². The SMILES string of the molecule is C[C@H](Cc1cnc[nH]1)NC[C@@H](Cc1cnc[nH]1)NC[C@@H](Cc1cnc[nH]1)NC[C@@H](Cc1cnc[nH]1)NC[C@@H](Cc1cnc[nH]1)NC[C@@H](Cc1cnc[nH]1)NC[C@@H](Cc1cnc[nH]1)NC[C@H](N)Cc1cnc[nH]1. The second-order valence-corrected chi connectivity index (χ2v) is 18.9. The van der Waals surface area contributed by atoms with E-state index < -0.39 is 0 Å². The monoisotopic (exact) mass is 987 g/mol. The van der Waals surface area contributed by atoms with Gasteiger partial charge in [-0.1, -0.05) is 0 Å². The third kappa shape index (κ3) is 18.2. The van der Waals surface area contributed by atoms with Crippen LogP contribution in [0.25, 0.3) is 0 Å². The maximum atomic E-state index is 6.59. The highest BCUT2D eigenvalue weighted by atomic mass is 15.1. The molecule has 8 aromatic rings. The van der Waals surface area contributed by atoms with Crippen LogP contribution >= 0.6 is 0 Å². The molecule has 0 aliphatic rings. The number of nitrogens with one attached hydrogen (secondary N) is 15. The number of imidazole rings is 8. The number of aromatic nitrogens is 16. The number of nitrogens with zero attached hydrogens (tertiary/aromatic N) is 8. The highest BCUT2D eigenvalue weighted by Crippen LogP contribution is 2.08. The molecule has 0 amide bonds. The molecule has 0 spiro atoms. The summed E-state index contributed by atoms with van der Waals surface area (Å²) in [5, 5.41) is 27.2. The summed E-state index contributed by atoms with van der Waals surface area (Å²) in [6, 6.07) is 0.721. The molecule has 24 heteroatoms. The smallest absolute Gasteiger partial charge is 0.0921 e. The molecule has 386 valence electrons. The normalized spacial score (nSPS) is 15.3. The molecule has 8 rings (SSSR count). The van der Waals surface area contributed by atoms with Crippen molar-refractivity contribution in [2.45, 2.75) is 107 Å². The van der Waals surface area contributed by atoms with Crippen molar-refractivity contribution in [2.75, 3.05) is 45.8 Å². The van der Waals surface area contributed by atoms with E-state index in [0.29, 0.717) is 39.1 Å². The zero-order chi connectivity index (χ0) is 49.4. The fourth-order valence-electron chi connectivity index (χ4n) is 9.03. The van der Waals surface area contributed by atoms with Crippen molar-refractivity contribution in [3.8, 4) is 0 Å². The number of hydrogen-bond donors (Lipinski definition) is 16. The molecule has 72 heavy (non-hydrogen) atoms. The lowest BCUT2D eigenvalue weighted by atomic mass is 10.1. The van der Waals surface area contributed by atoms with Gasteiger partial charge in [0, 0.05) is 241 Å². The standard InChI is InChI=1S/C48H74N24/c1-33(2-35-11-50-25-65-35)58-19-43(4-37-13-52-27-67-37)60-21-45(6-39-15-54-29-69-39)62-23-47(8-41-17-56-31-71-41)64-24-48(9-42-18-57-32-72-42)63-22-46(7-40-16-55-30-70-40)61-20-44(5-38-14-53-28-68-38)59-10-34(49)3-36-12-51-26-66-36/h11-18,25-34,43-48,58-64H,2-10,19-24,49H2,1H3,(H,50,65)(H,51,66)(H,52,67)(H,53,68)(H,54,69)(H,55,70)(H,56,71)(H,57,72)/t33-,34-,43-,44-,45-,46-,47-,48-/m1/s1. The van der Waals surface area contributed by atoms with Gasteiger partial charge in [-0.3, -0.25) is 0 Å². The highest BCUT2D eigenvalue weighted by molar-refractivity contribution is 5.06. The van der Waals surface area contributed by atoms with Crippen LogP contribution < -0.4 is 43.0 Å². The molecule has 8 aromatic heterocycles. The quantitative estimate of drug-likeness (QED) is 0.0239. The molecular formula is C48H74N24. The van der Waals surface area contributed by atoms with Crippen molar-refractivity contribution in [1.29, 1.82) is 0 Å². The van der Waals surface area contributed by atoms with E-state index in [0.717, 1.165) is 104 Å². The van der Waals surface area contributed by atoms with Gasteiger partial charge in [-0.2, -0.15) is 0 Å². The average molecular weight is 987 g/mol. The number of hydrogen-bond acceptors (Lipinski definition) is 16. The topological polar surface area (TPSA) is 340 Å². The summed E-state index contributed by atoms with van der Waals surface area (Å²) in [6.07, 6.45) is 35.2. The van der Waals surface area contributed by atoms with E-state index in [1.807, 2.05) is 49.6 Å². The third-order valence-corrected chi connectivity index (χ3v) is 12.9. The first kappa shape index (κ1) is 51.7. The molecule has 0 radical (unpaired) electrons. The predicted octanol–water partition coefficient (Wildman–Crippen LogP) is -0.233. The molecule has 0 aliphatic carbocycles. The second kappa shape index (κ2) is 28.4. The van der Waals surface area contributed by atoms with Gasteiger partial charge in [0.2, 0.25) is 0 Å². The molecule has 0 fully saturated rings. The first-order valence-corrected chi connectivity index (χ1v) is 25.1. The van der Waals surface area contributed by atoms with Crippen LogP contribution in [0.4, 0.5) is 0 Å². The van der Waals surface area contributed by atoms with E-state index >= 15 is 0 Å². The molecule has 0 saturated carbocycles. The zero-order valence-electron chi connectivity index (χ0n) is 41.1. The first-order valence-electron chi connectivity index (χ1n) is 25.1. The van der Waals surface area contributed by atoms with Gasteiger partial charge in [0.1, 0.15) is 0 Å². The lowest BCUT2D eigenvalue weighted by molar-refractivity contribution is 0.353. The molecule has 17 N–H and O–H groups in total. The maximum Gasteiger partial charge on any atom is 0.0921 e. The molecule has 8 heterocycles. The Labute approximate surface area is 419 Å². The van der Waals surface area contributed by atoms with Crippen LogP contribution in [0.3, 0.4) is 0 Å². The number of H-pyrrole nitrogens is 8. The van der Waals surface area contributed by atoms with E-state index in [-0.39, 0.29) is 48.3 Å². The Morgan fingerprint density at radius 1 is 0.306 bits per heavy atom. The fourth-order valence-corrected chi connectivity index (χ4v) is 9.03. The minimum atomic E-state index is -0.0787. The minimum Gasteiger partial charge on any atom is -0.348 e. The van der Waals surface area contributed by atoms with Crippen molar-refractivity contribution in [3.05, 3.63) is 146 Å². The van der Waals surface area contributed by atoms with Gasteiger partial charge in [0.05, 0.1) is 50.6 Å². The van der Waals surface area contributed by atoms with Crippen LogP contribution in [0.15, 0.2) is 100 Å². The summed E-state index contributed by atoms with van der Waals surface area (Å²) in [5.41, 5.74) is 15.1. The second-order valence-electron chi connectivity index (χ2n) is 18.9. The Hall–Kier alpha value is -6.64. The first-order chi connectivity index (χ1) is 35.4. The Bertz CT molecular complexity index is 2290. The number of rotatable bonds is 37. The van der Waals surface area contributed by atoms with E-state index in [2.05, 4.69) is 124 Å². The number of nitrogens with two attached hydrogens (primary N) is 1. The Kier molecular flexibility index (Phi) is 20.4. The van der Waals surface area contributed by atoms with Crippen LogP contribution in [-0.2, 0) is 51.4 Å². The van der Waals surface area contributed by atoms with E-state index in [1.54, 1.807) is 50.6 Å². The lowest BCUT2D eigenvalue weighted by Gasteiger charge is -2.29. The van der Waals surface area contributed by atoms with Crippen LogP contribution in [0, 0.1) is 0 Å². The summed E-state index contributed by atoms with van der Waals surface area (Å²) >= 11 is 0. The van der Waals surface area contributed by atoms with Crippen LogP contribution in [-0.4, -0.2) is 174 Å². The zero-order valence-corrected chi connectivity index (χ0v) is 41.1. The van der Waals surface area contributed by atoms with Gasteiger partial charge >= 0.3 is 0 Å². The molecule has 8 atom stereocenters. The third-order valence-electron chi connectivity index (χ3n) is 12.9. The van der Waals surface area contributed by atoms with Gasteiger partial charge in [-0.05, 0) is 6.92 Å². The van der Waals surface area contributed by atoms with Crippen LogP contribution in [0.2, 0.25) is 0 Å². The van der Waals surface area contributed by atoms with Crippen molar-refractivity contribution in [3.63, 3.8) is 0 Å². The van der Waals surface area contributed by atoms with Crippen LogP contribution in [0.1, 0.15) is 52.5 Å². The molecule has 0 bridgehead atoms. The largest absolute Gasteiger partial charge is 0.348 e. The molecule has 0 unspecified atom stereocenters. The Balaban J connectivity index is 0.912. The number of aromatic amines is 8. The van der Waals surface area contributed by atoms with E-state index in [9.17, 15) is 0 Å². The van der Waals surface area contributed by atoms with Crippen molar-refractivity contribution >= 4 is 0 Å². The average Bonchev–Trinajstić information content (AvgIpc) is 4.23. The Morgan fingerprint density at radius 3 is 0.750 bits per heavy atom. The van der Waals surface area contributed by atoms with Gasteiger partial charge in [-0.15, -0.1) is 0 Å². The molecule has 0 aromatic carbocycles. The summed E-state index contributed by atoms with van der Waals surface area (Å²) in [5.74, 6) is 0. The highest BCUT2D eigenvalue weighted by Gasteiger charge is 2.23. The fraction of sp³-hybridized carbons (Fsp3) is 0.500. The van der Waals surface area contributed by atoms with E-state index in [4.69, 9.17) is 5.73 Å². The minimum absolute atomic E-state index is 0.0639. The summed E-state index contributed by atoms with van der Waals surface area (Å²) in [7, 11) is 0. The maximum absolute atomic E-state index is 6.59.